The fraction of sp³-hybridized carbons (Fsp3) is 0.242. The Morgan fingerprint density at radius 2 is 1.53 bits per heavy atom. The molecule has 1 aliphatic heterocycles. The van der Waals surface area contributed by atoms with Gasteiger partial charge in [0.05, 0.1) is 34.3 Å². The second kappa shape index (κ2) is 10.9. The highest BCUT2D eigenvalue weighted by Crippen LogP contribution is 2.60. The highest BCUT2D eigenvalue weighted by Gasteiger charge is 2.66. The summed E-state index contributed by atoms with van der Waals surface area (Å²) in [4.78, 5) is 59.1. The fourth-order valence-corrected chi connectivity index (χ4v) is 8.86. The van der Waals surface area contributed by atoms with E-state index in [2.05, 4.69) is 31.9 Å². The third-order valence-electron chi connectivity index (χ3n) is 8.83. The number of ether oxygens (including phenoxy) is 1. The zero-order chi connectivity index (χ0) is 30.0. The van der Waals surface area contributed by atoms with Gasteiger partial charge in [0.25, 0.3) is 0 Å². The first-order valence-corrected chi connectivity index (χ1v) is 16.1. The number of carbonyl (C=O) groups excluding carboxylic acids is 4. The monoisotopic (exact) mass is 720 g/mol. The van der Waals surface area contributed by atoms with Crippen molar-refractivity contribution in [3.63, 3.8) is 0 Å². The summed E-state index contributed by atoms with van der Waals surface area (Å²) in [6, 6.07) is 22.3. The van der Waals surface area contributed by atoms with E-state index < -0.39 is 12.6 Å². The third-order valence-corrected chi connectivity index (χ3v) is 12.3. The molecular weight excluding hydrogens is 700 g/mol. The Bertz CT molecular complexity index is 1780. The number of benzene rings is 3. The van der Waals surface area contributed by atoms with Crippen molar-refractivity contribution in [1.82, 2.24) is 4.98 Å². The largest absolute Gasteiger partial charge is 0.454 e. The molecule has 3 aliphatic rings. The Hall–Kier alpha value is -3.40. The number of rotatable bonds is 6. The van der Waals surface area contributed by atoms with Crippen LogP contribution < -0.4 is 4.90 Å². The van der Waals surface area contributed by atoms with E-state index in [1.54, 1.807) is 78.9 Å². The highest BCUT2D eigenvalue weighted by atomic mass is 79.9. The number of Topliss-reactive ketones (excluding diaryl/α,β-unsaturated/α-hetero) is 1. The molecule has 1 saturated heterocycles. The highest BCUT2D eigenvalue weighted by molar-refractivity contribution is 9.12. The van der Waals surface area contributed by atoms with Gasteiger partial charge >= 0.3 is 5.97 Å². The number of esters is 1. The van der Waals surface area contributed by atoms with Gasteiger partial charge in [-0.25, -0.2) is 9.78 Å². The predicted molar refractivity (Wildman–Crippen MR) is 170 cm³/mol. The molecule has 0 N–H and O–H groups in total. The average molecular weight is 723 g/mol. The zero-order valence-corrected chi connectivity index (χ0v) is 26.4. The first kappa shape index (κ1) is 28.4. The SMILES string of the molecule is O=C(COC(=O)c1cc(-c2ccc(N3C(=O)C4C5CC(C(Br)C5Br)C4C3=O)cc2)nc2ccc(Cl)cc12)c1ccccc1. The Balaban J connectivity index is 1.17. The lowest BCUT2D eigenvalue weighted by molar-refractivity contribution is -0.123. The van der Waals surface area contributed by atoms with Gasteiger partial charge in [-0.05, 0) is 54.7 Å². The van der Waals surface area contributed by atoms with E-state index in [0.717, 1.165) is 6.42 Å². The molecule has 6 atom stereocenters. The number of hydrogen-bond donors (Lipinski definition) is 0. The molecular formula is C33H23Br2ClN2O5. The van der Waals surface area contributed by atoms with Crippen molar-refractivity contribution < 1.29 is 23.9 Å². The minimum Gasteiger partial charge on any atom is -0.454 e. The van der Waals surface area contributed by atoms with E-state index in [1.165, 1.54) is 4.90 Å². The lowest BCUT2D eigenvalue weighted by atomic mass is 9.81. The Labute approximate surface area is 268 Å². The van der Waals surface area contributed by atoms with Crippen LogP contribution in [0, 0.1) is 23.7 Å². The summed E-state index contributed by atoms with van der Waals surface area (Å²) in [5.74, 6) is -1.61. The van der Waals surface area contributed by atoms with Crippen LogP contribution in [0.2, 0.25) is 5.02 Å². The van der Waals surface area contributed by atoms with Gasteiger partial charge in [-0.1, -0.05) is 85.9 Å². The van der Waals surface area contributed by atoms with Crippen LogP contribution >= 0.6 is 43.5 Å². The van der Waals surface area contributed by atoms with Gasteiger partial charge in [0.2, 0.25) is 11.8 Å². The van der Waals surface area contributed by atoms with Gasteiger partial charge in [0.15, 0.2) is 12.4 Å². The normalized spacial score (nSPS) is 25.8. The van der Waals surface area contributed by atoms with Crippen LogP contribution in [0.3, 0.4) is 0 Å². The molecule has 2 saturated carbocycles. The van der Waals surface area contributed by atoms with Crippen LogP contribution in [0.25, 0.3) is 22.2 Å². The van der Waals surface area contributed by atoms with E-state index in [1.807, 2.05) is 0 Å². The lowest BCUT2D eigenvalue weighted by Crippen LogP contribution is -2.37. The summed E-state index contributed by atoms with van der Waals surface area (Å²) in [7, 11) is 0. The minimum atomic E-state index is -0.679. The molecule has 216 valence electrons. The minimum absolute atomic E-state index is 0.136. The summed E-state index contributed by atoms with van der Waals surface area (Å²) in [5.41, 5.74) is 2.86. The fourth-order valence-electron chi connectivity index (χ4n) is 6.82. The van der Waals surface area contributed by atoms with E-state index in [-0.39, 0.29) is 56.5 Å². The molecule has 2 heterocycles. The molecule has 1 aromatic heterocycles. The molecule has 2 bridgehead atoms. The molecule has 0 radical (unpaired) electrons. The second-order valence-corrected chi connectivity index (χ2v) is 13.7. The second-order valence-electron chi connectivity index (χ2n) is 11.1. The summed E-state index contributed by atoms with van der Waals surface area (Å²) in [6.45, 7) is -0.412. The number of carbonyl (C=O) groups is 4. The third kappa shape index (κ3) is 4.73. The van der Waals surface area contributed by atoms with Crippen LogP contribution in [0.5, 0.6) is 0 Å². The van der Waals surface area contributed by atoms with Crippen LogP contribution in [0.4, 0.5) is 5.69 Å². The number of fused-ring (bicyclic) bond motifs is 6. The van der Waals surface area contributed by atoms with Crippen molar-refractivity contribution in [3.05, 3.63) is 95.0 Å². The van der Waals surface area contributed by atoms with E-state index in [9.17, 15) is 19.2 Å². The number of ketones is 1. The first-order chi connectivity index (χ1) is 20.7. The van der Waals surface area contributed by atoms with E-state index in [0.29, 0.717) is 38.4 Å². The van der Waals surface area contributed by atoms with Gasteiger partial charge in [-0.15, -0.1) is 0 Å². The number of halogens is 3. The Morgan fingerprint density at radius 1 is 0.884 bits per heavy atom. The van der Waals surface area contributed by atoms with Crippen LogP contribution in [-0.2, 0) is 14.3 Å². The number of amides is 2. The maximum atomic E-state index is 13.5. The standard InChI is InChI=1S/C33H23Br2ClN2O5/c34-29-22-13-23(30(29)35)28-27(22)31(40)38(32(28)41)19-9-6-16(7-10-19)25-14-21(20-12-18(36)8-11-24(20)37-25)33(42)43-15-26(39)17-4-2-1-3-5-17/h1-12,14,22-23,27-30H,13,15H2. The molecule has 3 fully saturated rings. The first-order valence-electron chi connectivity index (χ1n) is 13.8. The van der Waals surface area contributed by atoms with Crippen molar-refractivity contribution in [2.45, 2.75) is 16.1 Å². The molecule has 6 unspecified atom stereocenters. The molecule has 0 spiro atoms. The van der Waals surface area contributed by atoms with Crippen molar-refractivity contribution in [3.8, 4) is 11.3 Å². The maximum Gasteiger partial charge on any atom is 0.339 e. The summed E-state index contributed by atoms with van der Waals surface area (Å²) in [5, 5.41) is 0.922. The summed E-state index contributed by atoms with van der Waals surface area (Å²) >= 11 is 13.7. The maximum absolute atomic E-state index is 13.5. The topological polar surface area (TPSA) is 93.6 Å². The average Bonchev–Trinajstić information content (AvgIpc) is 3.64. The van der Waals surface area contributed by atoms with Gasteiger partial charge in [0, 0.05) is 31.2 Å². The number of pyridine rings is 1. The molecule has 10 heteroatoms. The smallest absolute Gasteiger partial charge is 0.339 e. The van der Waals surface area contributed by atoms with Crippen LogP contribution in [0.1, 0.15) is 27.1 Å². The van der Waals surface area contributed by atoms with Crippen LogP contribution in [0.15, 0.2) is 78.9 Å². The Kier molecular flexibility index (Phi) is 7.22. The van der Waals surface area contributed by atoms with Gasteiger partial charge < -0.3 is 4.74 Å². The van der Waals surface area contributed by atoms with Crippen molar-refractivity contribution in [2.75, 3.05) is 11.5 Å². The Morgan fingerprint density at radius 3 is 2.19 bits per heavy atom. The van der Waals surface area contributed by atoms with E-state index in [4.69, 9.17) is 21.3 Å². The van der Waals surface area contributed by atoms with Crippen molar-refractivity contribution >= 4 is 83.6 Å². The molecule has 3 aromatic carbocycles. The summed E-state index contributed by atoms with van der Waals surface area (Å²) in [6.07, 6.45) is 0.870. The van der Waals surface area contributed by atoms with Gasteiger partial charge in [-0.2, -0.15) is 0 Å². The molecule has 7 nitrogen and oxygen atoms in total. The lowest BCUT2D eigenvalue weighted by Gasteiger charge is -2.28. The van der Waals surface area contributed by atoms with E-state index >= 15 is 0 Å². The number of alkyl halides is 2. The number of anilines is 1. The molecule has 7 rings (SSSR count). The van der Waals surface area contributed by atoms with Gasteiger partial charge in [-0.3, -0.25) is 19.3 Å². The molecule has 4 aromatic rings. The van der Waals surface area contributed by atoms with Gasteiger partial charge in [0.1, 0.15) is 0 Å². The molecule has 2 aliphatic carbocycles. The van der Waals surface area contributed by atoms with Crippen molar-refractivity contribution in [2.24, 2.45) is 23.7 Å². The number of hydrogen-bond acceptors (Lipinski definition) is 6. The van der Waals surface area contributed by atoms with Crippen molar-refractivity contribution in [1.29, 1.82) is 0 Å². The van der Waals surface area contributed by atoms with Crippen LogP contribution in [-0.4, -0.2) is 44.8 Å². The number of aromatic nitrogens is 1. The molecule has 43 heavy (non-hydrogen) atoms. The number of imide groups is 1. The summed E-state index contributed by atoms with van der Waals surface area (Å²) < 4.78 is 5.42. The zero-order valence-electron chi connectivity index (χ0n) is 22.5. The number of nitrogens with zero attached hydrogens (tertiary/aromatic N) is 2. The quantitative estimate of drug-likeness (QED) is 0.0934. The molecule has 2 amide bonds. The predicted octanol–water partition coefficient (Wildman–Crippen LogP) is 6.88.